The molecule has 70 valence electrons. The van der Waals surface area contributed by atoms with Crippen molar-refractivity contribution in [3.8, 4) is 0 Å². The molecule has 2 radical (unpaired) electrons. The average molecular weight is 224 g/mol. The van der Waals surface area contributed by atoms with Gasteiger partial charge in [0.25, 0.3) is 5.91 Å². The Kier molecular flexibility index (Phi) is 2.52. The minimum absolute atomic E-state index is 0.281. The fourth-order valence-corrected chi connectivity index (χ4v) is 2.07. The number of benzene rings is 1. The molecule has 1 aliphatic rings. The normalized spacial score (nSPS) is 16.0. The highest BCUT2D eigenvalue weighted by Gasteiger charge is 2.26. The lowest BCUT2D eigenvalue weighted by molar-refractivity contribution is -0.113. The van der Waals surface area contributed by atoms with Gasteiger partial charge >= 0.3 is 0 Å². The van der Waals surface area contributed by atoms with E-state index in [4.69, 9.17) is 11.6 Å². The van der Waals surface area contributed by atoms with Crippen molar-refractivity contribution in [1.82, 2.24) is 4.72 Å². The Labute approximate surface area is 91.5 Å². The van der Waals surface area contributed by atoms with E-state index in [0.717, 1.165) is 23.1 Å². The van der Waals surface area contributed by atoms with Crippen molar-refractivity contribution in [2.24, 2.45) is 0 Å². The number of rotatable bonds is 1. The highest BCUT2D eigenvalue weighted by Crippen LogP contribution is 2.36. The van der Waals surface area contributed by atoms with Gasteiger partial charge in [0.1, 0.15) is 4.36 Å². The number of hydrogen-bond donors (Lipinski definition) is 0. The molecule has 4 heteroatoms. The number of amides is 1. The second-order valence-electron chi connectivity index (χ2n) is 2.79. The Morgan fingerprint density at radius 3 is 2.64 bits per heavy atom. The number of halogens is 1. The van der Waals surface area contributed by atoms with Crippen molar-refractivity contribution in [1.29, 1.82) is 0 Å². The Balaban J connectivity index is 2.55. The van der Waals surface area contributed by atoms with Crippen molar-refractivity contribution in [3.05, 3.63) is 46.7 Å². The number of nitrogens with zero attached hydrogens (tertiary/aromatic N) is 1. The molecule has 0 N–H and O–H groups in total. The summed E-state index contributed by atoms with van der Waals surface area (Å²) in [6.07, 6.45) is 0. The molecule has 1 aromatic rings. The number of hydrogen-bond acceptors (Lipinski definition) is 2. The maximum absolute atomic E-state index is 11.4. The van der Waals surface area contributed by atoms with E-state index >= 15 is 0 Å². The smallest absolute Gasteiger partial charge is 0.266 e. The molecule has 2 nitrogen and oxygen atoms in total. The van der Waals surface area contributed by atoms with E-state index in [9.17, 15) is 4.79 Å². The molecule has 0 aliphatic carbocycles. The third-order valence-electron chi connectivity index (χ3n) is 1.91. The van der Waals surface area contributed by atoms with Gasteiger partial charge in [0.05, 0.1) is 5.57 Å². The van der Waals surface area contributed by atoms with E-state index in [2.05, 4.69) is 11.6 Å². The van der Waals surface area contributed by atoms with Crippen LogP contribution in [0.15, 0.2) is 28.6 Å². The van der Waals surface area contributed by atoms with E-state index in [1.165, 1.54) is 0 Å². The Bertz CT molecular complexity index is 428. The van der Waals surface area contributed by atoms with Crippen LogP contribution in [-0.2, 0) is 4.79 Å². The molecule has 0 bridgehead atoms. The second-order valence-corrected chi connectivity index (χ2v) is 4.17. The van der Waals surface area contributed by atoms with Crippen LogP contribution in [0.1, 0.15) is 11.1 Å². The van der Waals surface area contributed by atoms with Gasteiger partial charge < -0.3 is 0 Å². The molecule has 1 aliphatic heterocycles. The van der Waals surface area contributed by atoms with Gasteiger partial charge in [-0.15, -0.1) is 0 Å². The van der Waals surface area contributed by atoms with Crippen LogP contribution in [0.5, 0.6) is 0 Å². The lowest BCUT2D eigenvalue weighted by Gasteiger charge is -2.03. The molecule has 1 amide bonds. The topological polar surface area (TPSA) is 31.2 Å². The summed E-state index contributed by atoms with van der Waals surface area (Å²) in [6, 6.07) is 7.36. The summed E-state index contributed by atoms with van der Waals surface area (Å²) >= 11 is 6.89. The Morgan fingerprint density at radius 2 is 2.07 bits per heavy atom. The third kappa shape index (κ3) is 1.53. The minimum atomic E-state index is -0.281. The van der Waals surface area contributed by atoms with E-state index in [0.29, 0.717) is 9.94 Å². The molecule has 0 unspecified atom stereocenters. The highest BCUT2D eigenvalue weighted by molar-refractivity contribution is 8.04. The van der Waals surface area contributed by atoms with Gasteiger partial charge in [-0.3, -0.25) is 4.79 Å². The van der Waals surface area contributed by atoms with Crippen LogP contribution in [0.2, 0.25) is 0 Å². The van der Waals surface area contributed by atoms with Crippen molar-refractivity contribution < 1.29 is 4.79 Å². The van der Waals surface area contributed by atoms with Crippen LogP contribution in [0, 0.1) is 6.92 Å². The molecule has 0 saturated heterocycles. The summed E-state index contributed by atoms with van der Waals surface area (Å²) < 4.78 is 4.08. The summed E-state index contributed by atoms with van der Waals surface area (Å²) in [7, 11) is 0. The van der Waals surface area contributed by atoms with Crippen molar-refractivity contribution >= 4 is 35.0 Å². The lowest BCUT2D eigenvalue weighted by Crippen LogP contribution is -2.05. The van der Waals surface area contributed by atoms with Gasteiger partial charge in [-0.05, 0) is 18.1 Å². The van der Waals surface area contributed by atoms with Crippen LogP contribution < -0.4 is 4.72 Å². The van der Waals surface area contributed by atoms with Crippen LogP contribution in [0.4, 0.5) is 0 Å². The van der Waals surface area contributed by atoms with E-state index < -0.39 is 0 Å². The van der Waals surface area contributed by atoms with Crippen molar-refractivity contribution in [3.63, 3.8) is 0 Å². The first-order chi connectivity index (χ1) is 6.70. The molecule has 1 aromatic carbocycles. The molecule has 0 saturated carbocycles. The first-order valence-electron chi connectivity index (χ1n) is 3.93. The molecule has 0 aromatic heterocycles. The number of carbonyl (C=O) groups excluding carboxylic acids is 1. The molecule has 14 heavy (non-hydrogen) atoms. The SMILES string of the molecule is [CH2]c1ccccc1C1=C(Cl)S[N]C1=O. The quantitative estimate of drug-likeness (QED) is 0.686. The minimum Gasteiger partial charge on any atom is -0.266 e. The zero-order chi connectivity index (χ0) is 10.1. The van der Waals surface area contributed by atoms with Gasteiger partial charge in [0, 0.05) is 11.9 Å². The Morgan fingerprint density at radius 1 is 1.36 bits per heavy atom. The zero-order valence-electron chi connectivity index (χ0n) is 7.16. The van der Waals surface area contributed by atoms with Crippen LogP contribution in [-0.4, -0.2) is 5.91 Å². The number of carbonyl (C=O) groups is 1. The standard InChI is InChI=1S/C10H6ClNOS/c1-6-4-2-3-5-7(6)8-9(11)14-12-10(8)13/h2-5H,1H2. The fourth-order valence-electron chi connectivity index (χ4n) is 1.24. The molecule has 0 spiro atoms. The second kappa shape index (κ2) is 3.67. The summed E-state index contributed by atoms with van der Waals surface area (Å²) in [5.41, 5.74) is 2.00. The summed E-state index contributed by atoms with van der Waals surface area (Å²) in [6.45, 7) is 3.84. The van der Waals surface area contributed by atoms with E-state index in [1.807, 2.05) is 24.3 Å². The fraction of sp³-hybridized carbons (Fsp3) is 0. The predicted octanol–water partition coefficient (Wildman–Crippen LogP) is 2.57. The van der Waals surface area contributed by atoms with Gasteiger partial charge in [0.15, 0.2) is 0 Å². The molecule has 0 atom stereocenters. The summed E-state index contributed by atoms with van der Waals surface area (Å²) in [5.74, 6) is -0.281. The summed E-state index contributed by atoms with van der Waals surface area (Å²) in [4.78, 5) is 11.4. The largest absolute Gasteiger partial charge is 0.286 e. The Hall–Kier alpha value is -0.930. The monoisotopic (exact) mass is 223 g/mol. The van der Waals surface area contributed by atoms with E-state index in [-0.39, 0.29) is 5.91 Å². The lowest BCUT2D eigenvalue weighted by atomic mass is 10.0. The maximum atomic E-state index is 11.4. The third-order valence-corrected chi connectivity index (χ3v) is 2.92. The average Bonchev–Trinajstić information content (AvgIpc) is 2.48. The molecule has 0 fully saturated rings. The highest BCUT2D eigenvalue weighted by atomic mass is 35.5. The van der Waals surface area contributed by atoms with Crippen LogP contribution in [0.3, 0.4) is 0 Å². The van der Waals surface area contributed by atoms with Crippen molar-refractivity contribution in [2.45, 2.75) is 0 Å². The molecule has 2 rings (SSSR count). The van der Waals surface area contributed by atoms with E-state index in [1.54, 1.807) is 0 Å². The van der Waals surface area contributed by atoms with Gasteiger partial charge in [-0.1, -0.05) is 35.9 Å². The van der Waals surface area contributed by atoms with Gasteiger partial charge in [-0.2, -0.15) is 4.72 Å². The molecular weight excluding hydrogens is 218 g/mol. The van der Waals surface area contributed by atoms with Crippen LogP contribution >= 0.6 is 23.5 Å². The zero-order valence-corrected chi connectivity index (χ0v) is 8.73. The predicted molar refractivity (Wildman–Crippen MR) is 58.4 cm³/mol. The molecular formula is C10H6ClNOS. The van der Waals surface area contributed by atoms with Gasteiger partial charge in [-0.25, -0.2) is 0 Å². The van der Waals surface area contributed by atoms with Crippen molar-refractivity contribution in [2.75, 3.05) is 0 Å². The first-order valence-corrected chi connectivity index (χ1v) is 5.09. The van der Waals surface area contributed by atoms with Crippen LogP contribution in [0.25, 0.3) is 5.57 Å². The summed E-state index contributed by atoms with van der Waals surface area (Å²) in [5, 5.41) is 0. The first kappa shape index (κ1) is 9.62. The van der Waals surface area contributed by atoms with Gasteiger partial charge in [0.2, 0.25) is 0 Å². The molecule has 1 heterocycles. The maximum Gasteiger partial charge on any atom is 0.286 e.